The summed E-state index contributed by atoms with van der Waals surface area (Å²) in [5, 5.41) is 16.4. The first kappa shape index (κ1) is 16.7. The topological polar surface area (TPSA) is 88.5 Å². The minimum absolute atomic E-state index is 0.107. The van der Waals surface area contributed by atoms with Gasteiger partial charge in [0.05, 0.1) is 16.3 Å². The van der Waals surface area contributed by atoms with E-state index in [2.05, 4.69) is 25.6 Å². The lowest BCUT2D eigenvalue weighted by Gasteiger charge is -2.14. The first-order chi connectivity index (χ1) is 11.5. The Labute approximate surface area is 147 Å². The summed E-state index contributed by atoms with van der Waals surface area (Å²) in [5.41, 5.74) is 0. The molecule has 0 aliphatic heterocycles. The molecule has 0 saturated heterocycles. The number of H-pyrrole nitrogens is 1. The minimum atomic E-state index is -0.326. The second-order valence-corrected chi connectivity index (χ2v) is 7.70. The van der Waals surface area contributed by atoms with E-state index in [1.54, 1.807) is 28.3 Å². The summed E-state index contributed by atoms with van der Waals surface area (Å²) in [6.07, 6.45) is 1.68. The lowest BCUT2D eigenvalue weighted by atomic mass is 10.4. The maximum Gasteiger partial charge on any atom is 0.238 e. The molecule has 7 nitrogen and oxygen atoms in total. The van der Waals surface area contributed by atoms with E-state index in [1.807, 2.05) is 38.3 Å². The van der Waals surface area contributed by atoms with Crippen molar-refractivity contribution in [3.63, 3.8) is 0 Å². The van der Waals surface area contributed by atoms with Crippen LogP contribution in [0, 0.1) is 0 Å². The Bertz CT molecular complexity index is 808. The fourth-order valence-electron chi connectivity index (χ4n) is 2.09. The predicted molar refractivity (Wildman–Crippen MR) is 96.3 cm³/mol. The lowest BCUT2D eigenvalue weighted by molar-refractivity contribution is -0.115. The zero-order chi connectivity index (χ0) is 17.1. The van der Waals surface area contributed by atoms with Gasteiger partial charge in [0.15, 0.2) is 5.82 Å². The molecule has 0 fully saturated rings. The number of hydrogen-bond acceptors (Lipinski definition) is 6. The summed E-state index contributed by atoms with van der Waals surface area (Å²) in [5.74, 6) is 1.31. The van der Waals surface area contributed by atoms with Crippen LogP contribution < -0.4 is 5.32 Å². The first-order valence-corrected chi connectivity index (χ1v) is 9.28. The monoisotopic (exact) mass is 362 g/mol. The summed E-state index contributed by atoms with van der Waals surface area (Å²) in [6, 6.07) is 5.91. The highest BCUT2D eigenvalue weighted by atomic mass is 32.2. The normalized spacial score (nSPS) is 12.5. The molecule has 1 atom stereocenters. The third-order valence-corrected chi connectivity index (χ3v) is 5.12. The van der Waals surface area contributed by atoms with Crippen LogP contribution in [0.1, 0.15) is 26.8 Å². The van der Waals surface area contributed by atoms with Crippen molar-refractivity contribution in [1.82, 2.24) is 25.0 Å². The largest absolute Gasteiger partial charge is 0.310 e. The van der Waals surface area contributed by atoms with Gasteiger partial charge in [-0.05, 0) is 32.2 Å². The summed E-state index contributed by atoms with van der Waals surface area (Å²) in [4.78, 5) is 17.8. The number of anilines is 1. The molecule has 0 unspecified atom stereocenters. The Morgan fingerprint density at radius 2 is 2.21 bits per heavy atom. The fraction of sp³-hybridized carbons (Fsp3) is 0.333. The van der Waals surface area contributed by atoms with Crippen LogP contribution in [0.3, 0.4) is 0 Å². The molecule has 1 amide bonds. The number of thioether (sulfide) groups is 1. The van der Waals surface area contributed by atoms with Gasteiger partial charge in [0.2, 0.25) is 11.1 Å². The fourth-order valence-corrected chi connectivity index (χ4v) is 3.48. The molecule has 0 aliphatic carbocycles. The molecule has 0 aromatic carbocycles. The number of aromatic amines is 1. The maximum atomic E-state index is 12.4. The zero-order valence-corrected chi connectivity index (χ0v) is 15.2. The summed E-state index contributed by atoms with van der Waals surface area (Å²) >= 11 is 2.90. The number of carbonyl (C=O) groups excluding carboxylic acids is 1. The molecule has 3 aromatic heterocycles. The maximum absolute atomic E-state index is 12.4. The van der Waals surface area contributed by atoms with Gasteiger partial charge in [0, 0.05) is 12.1 Å². The number of hydrogen-bond donors (Lipinski definition) is 2. The van der Waals surface area contributed by atoms with E-state index in [4.69, 9.17) is 0 Å². The third-order valence-electron chi connectivity index (χ3n) is 3.28. The Kier molecular flexibility index (Phi) is 5.00. The Hall–Kier alpha value is -2.13. The summed E-state index contributed by atoms with van der Waals surface area (Å²) < 4.78 is 1.77. The molecular weight excluding hydrogens is 344 g/mol. The SMILES string of the molecule is CC(C)n1nccc1NC(=O)[C@@H](C)Sc1n[nH]c(-c2cccs2)n1. The van der Waals surface area contributed by atoms with Crippen LogP contribution in [0.4, 0.5) is 5.82 Å². The first-order valence-electron chi connectivity index (χ1n) is 7.52. The second-order valence-electron chi connectivity index (χ2n) is 5.45. The molecular formula is C15H18N6OS2. The number of nitrogens with zero attached hydrogens (tertiary/aromatic N) is 4. The lowest BCUT2D eigenvalue weighted by Crippen LogP contribution is -2.24. The van der Waals surface area contributed by atoms with E-state index in [9.17, 15) is 4.79 Å². The summed E-state index contributed by atoms with van der Waals surface area (Å²) in [6.45, 7) is 5.86. The van der Waals surface area contributed by atoms with Gasteiger partial charge in [-0.25, -0.2) is 9.67 Å². The number of amides is 1. The van der Waals surface area contributed by atoms with Crippen LogP contribution >= 0.6 is 23.1 Å². The number of thiophene rings is 1. The average molecular weight is 362 g/mol. The van der Waals surface area contributed by atoms with Crippen LogP contribution in [0.15, 0.2) is 34.9 Å². The number of rotatable bonds is 6. The van der Waals surface area contributed by atoms with Gasteiger partial charge in [-0.2, -0.15) is 5.10 Å². The van der Waals surface area contributed by atoms with E-state index >= 15 is 0 Å². The highest BCUT2D eigenvalue weighted by Gasteiger charge is 2.19. The van der Waals surface area contributed by atoms with Gasteiger partial charge in [-0.3, -0.25) is 9.89 Å². The van der Waals surface area contributed by atoms with E-state index in [0.717, 1.165) is 10.7 Å². The highest BCUT2D eigenvalue weighted by molar-refractivity contribution is 8.00. The van der Waals surface area contributed by atoms with Crippen LogP contribution in [0.2, 0.25) is 0 Å². The van der Waals surface area contributed by atoms with Gasteiger partial charge < -0.3 is 5.32 Å². The zero-order valence-electron chi connectivity index (χ0n) is 13.6. The van der Waals surface area contributed by atoms with E-state index < -0.39 is 0 Å². The summed E-state index contributed by atoms with van der Waals surface area (Å²) in [7, 11) is 0. The second kappa shape index (κ2) is 7.18. The van der Waals surface area contributed by atoms with Gasteiger partial charge in [-0.15, -0.1) is 16.4 Å². The molecule has 24 heavy (non-hydrogen) atoms. The van der Waals surface area contributed by atoms with Crippen LogP contribution in [-0.2, 0) is 4.79 Å². The minimum Gasteiger partial charge on any atom is -0.310 e. The van der Waals surface area contributed by atoms with Crippen LogP contribution in [0.25, 0.3) is 10.7 Å². The highest BCUT2D eigenvalue weighted by Crippen LogP contribution is 2.26. The molecule has 3 heterocycles. The molecule has 126 valence electrons. The molecule has 0 saturated carbocycles. The van der Waals surface area contributed by atoms with Crippen molar-refractivity contribution in [2.75, 3.05) is 5.32 Å². The molecule has 3 rings (SSSR count). The van der Waals surface area contributed by atoms with Gasteiger partial charge in [0.25, 0.3) is 0 Å². The van der Waals surface area contributed by atoms with Crippen molar-refractivity contribution in [3.05, 3.63) is 29.8 Å². The standard InChI is InChI=1S/C15H18N6OS2/c1-9(2)21-12(6-7-16-21)17-14(22)10(3)24-15-18-13(19-20-15)11-5-4-8-23-11/h4-10H,1-3H3,(H,17,22)(H,18,19,20)/t10-/m1/s1. The third kappa shape index (κ3) is 3.68. The van der Waals surface area contributed by atoms with Crippen molar-refractivity contribution >= 4 is 34.8 Å². The van der Waals surface area contributed by atoms with Crippen LogP contribution in [-0.4, -0.2) is 36.1 Å². The predicted octanol–water partition coefficient (Wildman–Crippen LogP) is 3.43. The Morgan fingerprint density at radius 1 is 1.38 bits per heavy atom. The Balaban J connectivity index is 1.63. The van der Waals surface area contributed by atoms with Crippen molar-refractivity contribution in [3.8, 4) is 10.7 Å². The van der Waals surface area contributed by atoms with Crippen molar-refractivity contribution < 1.29 is 4.79 Å². The van der Waals surface area contributed by atoms with Gasteiger partial charge in [0.1, 0.15) is 5.82 Å². The van der Waals surface area contributed by atoms with Crippen molar-refractivity contribution in [2.45, 2.75) is 37.2 Å². The van der Waals surface area contributed by atoms with Crippen LogP contribution in [0.5, 0.6) is 0 Å². The van der Waals surface area contributed by atoms with Crippen molar-refractivity contribution in [2.24, 2.45) is 0 Å². The average Bonchev–Trinajstić information content (AvgIpc) is 3.28. The molecule has 0 bridgehead atoms. The Morgan fingerprint density at radius 3 is 2.92 bits per heavy atom. The molecule has 0 radical (unpaired) electrons. The molecule has 9 heteroatoms. The number of carbonyl (C=O) groups is 1. The van der Waals surface area contributed by atoms with E-state index in [1.165, 1.54) is 11.8 Å². The number of nitrogens with one attached hydrogen (secondary N) is 2. The molecule has 0 aliphatic rings. The molecule has 2 N–H and O–H groups in total. The molecule has 0 spiro atoms. The van der Waals surface area contributed by atoms with Crippen molar-refractivity contribution in [1.29, 1.82) is 0 Å². The quantitative estimate of drug-likeness (QED) is 0.656. The van der Waals surface area contributed by atoms with E-state index in [0.29, 0.717) is 11.0 Å². The number of aromatic nitrogens is 5. The smallest absolute Gasteiger partial charge is 0.238 e. The van der Waals surface area contributed by atoms with Gasteiger partial charge in [-0.1, -0.05) is 17.8 Å². The molecule has 3 aromatic rings. The van der Waals surface area contributed by atoms with E-state index in [-0.39, 0.29) is 17.2 Å². The van der Waals surface area contributed by atoms with Gasteiger partial charge >= 0.3 is 0 Å².